The van der Waals surface area contributed by atoms with Crippen LogP contribution < -0.4 is 11.1 Å². The zero-order chi connectivity index (χ0) is 12.4. The molecule has 2 aromatic rings. The summed E-state index contributed by atoms with van der Waals surface area (Å²) in [4.78, 5) is 7.55. The fourth-order valence-electron chi connectivity index (χ4n) is 1.21. The van der Waals surface area contributed by atoms with Gasteiger partial charge in [-0.1, -0.05) is 29.3 Å². The van der Waals surface area contributed by atoms with Crippen LogP contribution in [0.5, 0.6) is 0 Å². The van der Waals surface area contributed by atoms with Crippen molar-refractivity contribution >= 4 is 40.5 Å². The SMILES string of the molecule is Nc1ncnc(Nc2c(F)cccc2Cl)c1Cl. The monoisotopic (exact) mass is 272 g/mol. The Bertz CT molecular complexity index is 542. The van der Waals surface area contributed by atoms with Crippen LogP contribution in [0.4, 0.5) is 21.7 Å². The van der Waals surface area contributed by atoms with Gasteiger partial charge in [-0.25, -0.2) is 14.4 Å². The van der Waals surface area contributed by atoms with Crippen LogP contribution >= 0.6 is 23.2 Å². The number of hydrogen-bond acceptors (Lipinski definition) is 4. The fourth-order valence-corrected chi connectivity index (χ4v) is 1.56. The van der Waals surface area contributed by atoms with E-state index < -0.39 is 5.82 Å². The summed E-state index contributed by atoms with van der Waals surface area (Å²) in [6, 6.07) is 4.32. The van der Waals surface area contributed by atoms with Crippen molar-refractivity contribution in [1.29, 1.82) is 0 Å². The summed E-state index contributed by atoms with van der Waals surface area (Å²) in [6.45, 7) is 0. The molecule has 3 N–H and O–H groups in total. The minimum absolute atomic E-state index is 0.0918. The molecule has 0 bridgehead atoms. The lowest BCUT2D eigenvalue weighted by molar-refractivity contribution is 0.632. The van der Waals surface area contributed by atoms with Gasteiger partial charge in [0.25, 0.3) is 0 Å². The molecule has 0 fully saturated rings. The van der Waals surface area contributed by atoms with Crippen molar-refractivity contribution in [2.75, 3.05) is 11.1 Å². The van der Waals surface area contributed by atoms with Crippen molar-refractivity contribution in [3.63, 3.8) is 0 Å². The third kappa shape index (κ3) is 2.40. The van der Waals surface area contributed by atoms with Gasteiger partial charge in [-0.3, -0.25) is 0 Å². The summed E-state index contributed by atoms with van der Waals surface area (Å²) in [7, 11) is 0. The van der Waals surface area contributed by atoms with E-state index in [0.29, 0.717) is 0 Å². The molecule has 4 nitrogen and oxygen atoms in total. The normalized spacial score (nSPS) is 10.3. The van der Waals surface area contributed by atoms with Gasteiger partial charge in [0.15, 0.2) is 5.82 Å². The lowest BCUT2D eigenvalue weighted by Crippen LogP contribution is -2.01. The summed E-state index contributed by atoms with van der Waals surface area (Å²) in [6.07, 6.45) is 1.22. The molecule has 7 heteroatoms. The molecular weight excluding hydrogens is 266 g/mol. The highest BCUT2D eigenvalue weighted by atomic mass is 35.5. The Balaban J connectivity index is 2.42. The van der Waals surface area contributed by atoms with E-state index in [0.717, 1.165) is 0 Å². The zero-order valence-electron chi connectivity index (χ0n) is 8.42. The van der Waals surface area contributed by atoms with E-state index >= 15 is 0 Å². The van der Waals surface area contributed by atoms with Crippen molar-refractivity contribution in [2.24, 2.45) is 0 Å². The van der Waals surface area contributed by atoms with E-state index in [1.165, 1.54) is 18.5 Å². The van der Waals surface area contributed by atoms with Crippen LogP contribution in [0, 0.1) is 5.82 Å². The molecule has 1 heterocycles. The Kier molecular flexibility index (Phi) is 3.31. The van der Waals surface area contributed by atoms with E-state index in [2.05, 4.69) is 15.3 Å². The van der Waals surface area contributed by atoms with Gasteiger partial charge in [0.05, 0.1) is 10.7 Å². The van der Waals surface area contributed by atoms with Gasteiger partial charge >= 0.3 is 0 Å². The molecule has 0 amide bonds. The summed E-state index contributed by atoms with van der Waals surface area (Å²) < 4.78 is 13.5. The Morgan fingerprint density at radius 2 is 2.00 bits per heavy atom. The topological polar surface area (TPSA) is 63.8 Å². The molecule has 0 aliphatic carbocycles. The Morgan fingerprint density at radius 1 is 1.24 bits per heavy atom. The van der Waals surface area contributed by atoms with Crippen LogP contribution in [0.25, 0.3) is 0 Å². The van der Waals surface area contributed by atoms with Gasteiger partial charge in [-0.05, 0) is 12.1 Å². The second-order valence-corrected chi connectivity index (χ2v) is 3.93. The maximum absolute atomic E-state index is 13.5. The molecule has 0 aliphatic heterocycles. The van der Waals surface area contributed by atoms with E-state index in [9.17, 15) is 4.39 Å². The summed E-state index contributed by atoms with van der Waals surface area (Å²) in [5.41, 5.74) is 5.59. The predicted molar refractivity (Wildman–Crippen MR) is 66.1 cm³/mol. The first-order chi connectivity index (χ1) is 8.09. The summed E-state index contributed by atoms with van der Waals surface area (Å²) in [5.74, 6) is -0.200. The molecule has 1 aromatic heterocycles. The number of hydrogen-bond donors (Lipinski definition) is 2. The molecule has 17 heavy (non-hydrogen) atoms. The first kappa shape index (κ1) is 11.9. The number of halogens is 3. The maximum atomic E-state index is 13.5. The number of para-hydroxylation sites is 1. The minimum Gasteiger partial charge on any atom is -0.382 e. The smallest absolute Gasteiger partial charge is 0.154 e. The number of rotatable bonds is 2. The van der Waals surface area contributed by atoms with Crippen LogP contribution in [-0.2, 0) is 0 Å². The van der Waals surface area contributed by atoms with E-state index in [-0.39, 0.29) is 27.4 Å². The average molecular weight is 273 g/mol. The quantitative estimate of drug-likeness (QED) is 0.881. The fraction of sp³-hybridized carbons (Fsp3) is 0. The van der Waals surface area contributed by atoms with Crippen LogP contribution in [0.15, 0.2) is 24.5 Å². The van der Waals surface area contributed by atoms with Crippen LogP contribution in [0.3, 0.4) is 0 Å². The number of nitrogen functional groups attached to an aromatic ring is 1. The first-order valence-electron chi connectivity index (χ1n) is 4.56. The molecule has 0 unspecified atom stereocenters. The highest BCUT2D eigenvalue weighted by Gasteiger charge is 2.11. The molecule has 0 atom stereocenters. The van der Waals surface area contributed by atoms with E-state index in [1.54, 1.807) is 6.07 Å². The largest absolute Gasteiger partial charge is 0.382 e. The van der Waals surface area contributed by atoms with Gasteiger partial charge < -0.3 is 11.1 Å². The standard InChI is InChI=1S/C10H7Cl2FN4/c11-5-2-1-3-6(13)8(5)17-10-7(12)9(14)15-4-16-10/h1-4H,(H3,14,15,16,17). The molecule has 0 saturated carbocycles. The molecule has 2 rings (SSSR count). The Labute approximate surface area is 107 Å². The number of aromatic nitrogens is 2. The lowest BCUT2D eigenvalue weighted by Gasteiger charge is -2.10. The second kappa shape index (κ2) is 4.73. The highest BCUT2D eigenvalue weighted by Crippen LogP contribution is 2.31. The Morgan fingerprint density at radius 3 is 2.71 bits per heavy atom. The number of anilines is 3. The van der Waals surface area contributed by atoms with Gasteiger partial charge in [0.1, 0.15) is 23.0 Å². The van der Waals surface area contributed by atoms with Gasteiger partial charge in [0, 0.05) is 0 Å². The number of nitrogens with one attached hydrogen (secondary N) is 1. The third-order valence-electron chi connectivity index (χ3n) is 2.02. The summed E-state index contributed by atoms with van der Waals surface area (Å²) >= 11 is 11.7. The molecule has 0 saturated heterocycles. The first-order valence-corrected chi connectivity index (χ1v) is 5.32. The number of benzene rings is 1. The summed E-state index contributed by atoms with van der Waals surface area (Å²) in [5, 5.41) is 3.02. The van der Waals surface area contributed by atoms with E-state index in [1.807, 2.05) is 0 Å². The maximum Gasteiger partial charge on any atom is 0.154 e. The van der Waals surface area contributed by atoms with Crippen molar-refractivity contribution in [2.45, 2.75) is 0 Å². The van der Waals surface area contributed by atoms with Crippen molar-refractivity contribution in [1.82, 2.24) is 9.97 Å². The average Bonchev–Trinajstić information content (AvgIpc) is 2.29. The molecule has 0 aliphatic rings. The van der Waals surface area contributed by atoms with Crippen LogP contribution in [0.1, 0.15) is 0 Å². The molecular formula is C10H7Cl2FN4. The number of nitrogens with zero attached hydrogens (tertiary/aromatic N) is 2. The van der Waals surface area contributed by atoms with Crippen molar-refractivity contribution in [3.05, 3.63) is 40.4 Å². The second-order valence-electron chi connectivity index (χ2n) is 3.14. The van der Waals surface area contributed by atoms with E-state index in [4.69, 9.17) is 28.9 Å². The molecule has 88 valence electrons. The van der Waals surface area contributed by atoms with Gasteiger partial charge in [0.2, 0.25) is 0 Å². The lowest BCUT2D eigenvalue weighted by atomic mass is 10.3. The van der Waals surface area contributed by atoms with Crippen LogP contribution in [-0.4, -0.2) is 9.97 Å². The van der Waals surface area contributed by atoms with Crippen LogP contribution in [0.2, 0.25) is 10.0 Å². The molecule has 0 radical (unpaired) electrons. The third-order valence-corrected chi connectivity index (χ3v) is 2.71. The predicted octanol–water partition coefficient (Wildman–Crippen LogP) is 3.25. The van der Waals surface area contributed by atoms with Crippen molar-refractivity contribution < 1.29 is 4.39 Å². The van der Waals surface area contributed by atoms with Gasteiger partial charge in [-0.2, -0.15) is 0 Å². The minimum atomic E-state index is -0.509. The molecule has 1 aromatic carbocycles. The number of nitrogens with two attached hydrogens (primary N) is 1. The van der Waals surface area contributed by atoms with Crippen molar-refractivity contribution in [3.8, 4) is 0 Å². The zero-order valence-corrected chi connectivity index (χ0v) is 9.93. The van der Waals surface area contributed by atoms with Gasteiger partial charge in [-0.15, -0.1) is 0 Å². The Hall–Kier alpha value is -1.59. The highest BCUT2D eigenvalue weighted by molar-refractivity contribution is 6.36. The molecule has 0 spiro atoms.